The molecule has 0 N–H and O–H groups in total. The van der Waals surface area contributed by atoms with Crippen molar-refractivity contribution in [2.75, 3.05) is 0 Å². The summed E-state index contributed by atoms with van der Waals surface area (Å²) in [6.45, 7) is 2.37. The van der Waals surface area contributed by atoms with E-state index >= 15 is 0 Å². The van der Waals surface area contributed by atoms with Crippen LogP contribution in [0.25, 0.3) is 0 Å². The summed E-state index contributed by atoms with van der Waals surface area (Å²) < 4.78 is 6.96. The lowest BCUT2D eigenvalue weighted by Crippen LogP contribution is -2.60. The first-order chi connectivity index (χ1) is 11.8. The summed E-state index contributed by atoms with van der Waals surface area (Å²) in [6.07, 6.45) is 1.27. The van der Waals surface area contributed by atoms with Gasteiger partial charge in [0, 0.05) is 0 Å². The molecule has 0 spiro atoms. The Morgan fingerprint density at radius 2 is 1.17 bits per heavy atom. The second kappa shape index (κ2) is 6.38. The number of rotatable bonds is 3. The molecule has 2 atom stereocenters. The molecule has 1 aliphatic heterocycles. The van der Waals surface area contributed by atoms with Crippen molar-refractivity contribution in [3.05, 3.63) is 96.6 Å². The summed E-state index contributed by atoms with van der Waals surface area (Å²) in [5.41, 5.74) is 1.83. The van der Waals surface area contributed by atoms with Crippen LogP contribution in [0.15, 0.2) is 91.0 Å². The van der Waals surface area contributed by atoms with Crippen LogP contribution in [-0.2, 0) is 4.43 Å². The Kier molecular flexibility index (Phi) is 4.09. The highest BCUT2D eigenvalue weighted by molar-refractivity contribution is 6.98. The van der Waals surface area contributed by atoms with E-state index in [1.54, 1.807) is 0 Å². The minimum absolute atomic E-state index is 0.188. The molecule has 0 unspecified atom stereocenters. The number of hydrogen-bond acceptors (Lipinski definition) is 1. The molecule has 0 saturated carbocycles. The van der Waals surface area contributed by atoms with Gasteiger partial charge in [-0.15, -0.1) is 0 Å². The fourth-order valence-electron chi connectivity index (χ4n) is 3.99. The Morgan fingerprint density at radius 3 is 1.67 bits per heavy atom. The molecule has 2 heteroatoms. The normalized spacial score (nSPS) is 22.4. The Hall–Kier alpha value is -2.16. The Bertz CT molecular complexity index is 746. The lowest BCUT2D eigenvalue weighted by atomic mass is 10.1. The van der Waals surface area contributed by atoms with Crippen LogP contribution in [0.5, 0.6) is 0 Å². The van der Waals surface area contributed by atoms with Gasteiger partial charge in [-0.2, -0.15) is 0 Å². The molecule has 1 heterocycles. The van der Waals surface area contributed by atoms with E-state index in [1.807, 2.05) is 0 Å². The zero-order valence-corrected chi connectivity index (χ0v) is 14.9. The standard InChI is InChI=1S/C22H22OSi/c1-18-17-22(19-11-5-2-6-12-19)23-24(18,20-13-7-3-8-14-20)21-15-9-4-10-16-21/h2-16,18,22H,17H2,1H3/t18-,22+/m0/s1. The molecule has 3 aromatic rings. The minimum Gasteiger partial charge on any atom is -0.401 e. The van der Waals surface area contributed by atoms with Crippen molar-refractivity contribution >= 4 is 18.7 Å². The van der Waals surface area contributed by atoms with Gasteiger partial charge >= 0.3 is 0 Å². The van der Waals surface area contributed by atoms with Gasteiger partial charge in [0.2, 0.25) is 0 Å². The van der Waals surface area contributed by atoms with Crippen molar-refractivity contribution in [1.29, 1.82) is 0 Å². The number of benzene rings is 3. The van der Waals surface area contributed by atoms with E-state index < -0.39 is 8.32 Å². The second-order valence-electron chi connectivity index (χ2n) is 6.62. The first kappa shape index (κ1) is 15.4. The first-order valence-corrected chi connectivity index (χ1v) is 10.6. The zero-order valence-electron chi connectivity index (χ0n) is 13.9. The first-order valence-electron chi connectivity index (χ1n) is 8.64. The van der Waals surface area contributed by atoms with Crippen LogP contribution in [-0.4, -0.2) is 8.32 Å². The van der Waals surface area contributed by atoms with Crippen molar-refractivity contribution in [2.24, 2.45) is 0 Å². The highest BCUT2D eigenvalue weighted by Crippen LogP contribution is 2.44. The van der Waals surface area contributed by atoms with Crippen molar-refractivity contribution in [2.45, 2.75) is 25.0 Å². The molecule has 120 valence electrons. The summed E-state index contributed by atoms with van der Waals surface area (Å²) in [5, 5.41) is 2.75. The summed E-state index contributed by atoms with van der Waals surface area (Å²) >= 11 is 0. The monoisotopic (exact) mass is 330 g/mol. The molecular weight excluding hydrogens is 308 g/mol. The third-order valence-electron chi connectivity index (χ3n) is 5.17. The molecule has 3 aromatic carbocycles. The van der Waals surface area contributed by atoms with Crippen LogP contribution in [0.4, 0.5) is 0 Å². The minimum atomic E-state index is -2.23. The van der Waals surface area contributed by atoms with Gasteiger partial charge in [-0.25, -0.2) is 0 Å². The Labute approximate surface area is 145 Å². The second-order valence-corrected chi connectivity index (χ2v) is 10.5. The van der Waals surface area contributed by atoms with Crippen LogP contribution in [0.1, 0.15) is 25.0 Å². The quantitative estimate of drug-likeness (QED) is 0.651. The topological polar surface area (TPSA) is 9.23 Å². The van der Waals surface area contributed by atoms with E-state index in [2.05, 4.69) is 97.9 Å². The van der Waals surface area contributed by atoms with E-state index in [9.17, 15) is 0 Å². The van der Waals surface area contributed by atoms with E-state index in [4.69, 9.17) is 4.43 Å². The summed E-state index contributed by atoms with van der Waals surface area (Å²) in [6, 6.07) is 32.4. The molecule has 0 amide bonds. The maximum absolute atomic E-state index is 6.96. The summed E-state index contributed by atoms with van der Waals surface area (Å²) in [5.74, 6) is 0. The van der Waals surface area contributed by atoms with Gasteiger partial charge in [0.05, 0.1) is 6.10 Å². The van der Waals surface area contributed by atoms with Crippen molar-refractivity contribution < 1.29 is 4.43 Å². The fraction of sp³-hybridized carbons (Fsp3) is 0.182. The van der Waals surface area contributed by atoms with Gasteiger partial charge in [-0.3, -0.25) is 0 Å². The lowest BCUT2D eigenvalue weighted by Gasteiger charge is -2.31. The van der Waals surface area contributed by atoms with Gasteiger partial charge in [0.15, 0.2) is 0 Å². The van der Waals surface area contributed by atoms with Crippen LogP contribution in [0, 0.1) is 0 Å². The molecule has 1 saturated heterocycles. The third-order valence-corrected chi connectivity index (χ3v) is 9.83. The highest BCUT2D eigenvalue weighted by Gasteiger charge is 2.52. The molecule has 0 aromatic heterocycles. The summed E-state index contributed by atoms with van der Waals surface area (Å²) in [4.78, 5) is 0. The maximum atomic E-state index is 6.96. The van der Waals surface area contributed by atoms with Gasteiger partial charge in [0.1, 0.15) is 0 Å². The third kappa shape index (κ3) is 2.52. The molecule has 0 aliphatic carbocycles. The highest BCUT2D eigenvalue weighted by atomic mass is 28.4. The number of hydrogen-bond donors (Lipinski definition) is 0. The Balaban J connectivity index is 1.83. The zero-order chi connectivity index (χ0) is 16.4. The van der Waals surface area contributed by atoms with Gasteiger partial charge in [0.25, 0.3) is 8.32 Å². The van der Waals surface area contributed by atoms with E-state index in [-0.39, 0.29) is 6.10 Å². The van der Waals surface area contributed by atoms with Gasteiger partial charge < -0.3 is 4.43 Å². The van der Waals surface area contributed by atoms with E-state index in [0.717, 1.165) is 6.42 Å². The van der Waals surface area contributed by atoms with Crippen molar-refractivity contribution in [3.8, 4) is 0 Å². The molecule has 1 aliphatic rings. The van der Waals surface area contributed by atoms with Crippen LogP contribution in [0.3, 0.4) is 0 Å². The molecule has 4 rings (SSSR count). The molecule has 0 radical (unpaired) electrons. The smallest absolute Gasteiger partial charge is 0.259 e. The van der Waals surface area contributed by atoms with E-state index in [1.165, 1.54) is 15.9 Å². The van der Waals surface area contributed by atoms with Crippen molar-refractivity contribution in [3.63, 3.8) is 0 Å². The van der Waals surface area contributed by atoms with Crippen molar-refractivity contribution in [1.82, 2.24) is 0 Å². The van der Waals surface area contributed by atoms with Crippen LogP contribution < -0.4 is 10.4 Å². The SMILES string of the molecule is C[C@H]1C[C@H](c2ccccc2)O[Si]1(c1ccccc1)c1ccccc1. The fourth-order valence-corrected chi connectivity index (χ4v) is 8.57. The van der Waals surface area contributed by atoms with Gasteiger partial charge in [-0.1, -0.05) is 97.9 Å². The molecule has 1 fully saturated rings. The average Bonchev–Trinajstić information content (AvgIpc) is 3.02. The molecular formula is C22H22OSi. The molecule has 0 bridgehead atoms. The average molecular weight is 331 g/mol. The Morgan fingerprint density at radius 1 is 0.708 bits per heavy atom. The van der Waals surface area contributed by atoms with Gasteiger partial charge in [-0.05, 0) is 27.9 Å². The van der Waals surface area contributed by atoms with E-state index in [0.29, 0.717) is 5.54 Å². The van der Waals surface area contributed by atoms with Crippen LogP contribution in [0.2, 0.25) is 5.54 Å². The summed E-state index contributed by atoms with van der Waals surface area (Å²) in [7, 11) is -2.23. The predicted molar refractivity (Wildman–Crippen MR) is 102 cm³/mol. The van der Waals surface area contributed by atoms with Crippen LogP contribution >= 0.6 is 0 Å². The molecule has 1 nitrogen and oxygen atoms in total. The molecule has 24 heavy (non-hydrogen) atoms. The lowest BCUT2D eigenvalue weighted by molar-refractivity contribution is 0.234. The maximum Gasteiger partial charge on any atom is 0.259 e. The largest absolute Gasteiger partial charge is 0.401 e. The predicted octanol–water partition coefficient (Wildman–Crippen LogP) is 4.30.